The second-order valence-electron chi connectivity index (χ2n) is 5.40. The molecule has 124 valence electrons. The van der Waals surface area contributed by atoms with Gasteiger partial charge >= 0.3 is 5.69 Å². The molecule has 0 radical (unpaired) electrons. The molecule has 0 bridgehead atoms. The summed E-state index contributed by atoms with van der Waals surface area (Å²) in [5.74, 6) is -0.327. The minimum atomic E-state index is -0.327. The summed E-state index contributed by atoms with van der Waals surface area (Å²) >= 11 is 5.94. The highest BCUT2D eigenvalue weighted by atomic mass is 35.5. The summed E-state index contributed by atoms with van der Waals surface area (Å²) in [6, 6.07) is 10.8. The molecule has 0 aliphatic rings. The van der Waals surface area contributed by atoms with Crippen LogP contribution in [0.3, 0.4) is 0 Å². The van der Waals surface area contributed by atoms with Crippen molar-refractivity contribution in [3.8, 4) is 0 Å². The highest BCUT2D eigenvalue weighted by molar-refractivity contribution is 6.32. The molecule has 0 unspecified atom stereocenters. The number of carbonyl (C=O) groups excluding carboxylic acids is 1. The van der Waals surface area contributed by atoms with Crippen molar-refractivity contribution >= 4 is 34.2 Å². The minimum Gasteiger partial charge on any atom is -0.322 e. The predicted molar refractivity (Wildman–Crippen MR) is 94.4 cm³/mol. The maximum absolute atomic E-state index is 12.6. The summed E-state index contributed by atoms with van der Waals surface area (Å²) in [5, 5.41) is 2.90. The molecule has 2 aromatic heterocycles. The Hall–Kier alpha value is -2.60. The van der Waals surface area contributed by atoms with Crippen molar-refractivity contribution in [2.24, 2.45) is 0 Å². The molecule has 7 heteroatoms. The molecule has 3 rings (SSSR count). The second-order valence-corrected chi connectivity index (χ2v) is 5.76. The van der Waals surface area contributed by atoms with Crippen LogP contribution in [0.25, 0.3) is 11.0 Å². The van der Waals surface area contributed by atoms with Crippen LogP contribution in [0.5, 0.6) is 0 Å². The first-order valence-corrected chi connectivity index (χ1v) is 8.08. The molecule has 2 heterocycles. The van der Waals surface area contributed by atoms with Crippen LogP contribution < -0.4 is 11.0 Å². The number of anilines is 1. The van der Waals surface area contributed by atoms with Crippen LogP contribution in [0, 0.1) is 0 Å². The van der Waals surface area contributed by atoms with Crippen molar-refractivity contribution in [1.29, 1.82) is 0 Å². The molecule has 0 spiro atoms. The molecule has 0 saturated carbocycles. The van der Waals surface area contributed by atoms with Gasteiger partial charge in [-0.15, -0.1) is 0 Å². The number of halogens is 1. The molecule has 3 aromatic rings. The number of rotatable bonds is 5. The smallest absolute Gasteiger partial charge is 0.322 e. The molecular formula is C17H17ClN4O2. The fraction of sp³-hybridized carbons (Fsp3) is 0.235. The fourth-order valence-electron chi connectivity index (χ4n) is 2.68. The van der Waals surface area contributed by atoms with Gasteiger partial charge in [0.05, 0.1) is 16.7 Å². The minimum absolute atomic E-state index is 0.0821. The van der Waals surface area contributed by atoms with E-state index in [1.54, 1.807) is 22.9 Å². The van der Waals surface area contributed by atoms with Crippen molar-refractivity contribution in [3.63, 3.8) is 0 Å². The van der Waals surface area contributed by atoms with Crippen LogP contribution in [0.4, 0.5) is 5.69 Å². The van der Waals surface area contributed by atoms with E-state index in [0.29, 0.717) is 12.2 Å². The highest BCUT2D eigenvalue weighted by Gasteiger charge is 2.15. The molecule has 6 nitrogen and oxygen atoms in total. The van der Waals surface area contributed by atoms with Crippen LogP contribution in [-0.4, -0.2) is 20.0 Å². The summed E-state index contributed by atoms with van der Waals surface area (Å²) in [6.45, 7) is 2.54. The predicted octanol–water partition coefficient (Wildman–Crippen LogP) is 2.90. The monoisotopic (exact) mass is 344 g/mol. The number of aryl methyl sites for hydroxylation is 1. The Morgan fingerprint density at radius 1 is 1.17 bits per heavy atom. The first-order valence-electron chi connectivity index (χ1n) is 7.70. The first kappa shape index (κ1) is 16.3. The Morgan fingerprint density at radius 3 is 2.54 bits per heavy atom. The molecule has 0 aliphatic heterocycles. The Kier molecular flexibility index (Phi) is 4.66. The van der Waals surface area contributed by atoms with Gasteiger partial charge in [-0.1, -0.05) is 30.7 Å². The van der Waals surface area contributed by atoms with Crippen molar-refractivity contribution < 1.29 is 4.79 Å². The molecular weight excluding hydrogens is 328 g/mol. The van der Waals surface area contributed by atoms with Crippen molar-refractivity contribution in [2.75, 3.05) is 5.32 Å². The number of pyridine rings is 1. The molecule has 1 aromatic carbocycles. The van der Waals surface area contributed by atoms with E-state index < -0.39 is 0 Å². The van der Waals surface area contributed by atoms with Gasteiger partial charge in [0, 0.05) is 12.7 Å². The van der Waals surface area contributed by atoms with E-state index in [1.165, 1.54) is 4.57 Å². The molecule has 24 heavy (non-hydrogen) atoms. The van der Waals surface area contributed by atoms with E-state index in [2.05, 4.69) is 10.3 Å². The third kappa shape index (κ3) is 3.05. The van der Waals surface area contributed by atoms with Crippen LogP contribution in [-0.2, 0) is 17.9 Å². The SMILES string of the molecule is CCCn1c(=O)n(CC(=O)Nc2cccnc2Cl)c2ccccc21. The summed E-state index contributed by atoms with van der Waals surface area (Å²) in [5.41, 5.74) is 1.81. The first-order chi connectivity index (χ1) is 11.6. The average Bonchev–Trinajstić information content (AvgIpc) is 2.83. The summed E-state index contributed by atoms with van der Waals surface area (Å²) in [7, 11) is 0. The second kappa shape index (κ2) is 6.88. The van der Waals surface area contributed by atoms with Gasteiger partial charge in [0.1, 0.15) is 6.54 Å². The van der Waals surface area contributed by atoms with Crippen molar-refractivity contribution in [2.45, 2.75) is 26.4 Å². The molecule has 1 amide bonds. The lowest BCUT2D eigenvalue weighted by molar-refractivity contribution is -0.116. The van der Waals surface area contributed by atoms with E-state index in [4.69, 9.17) is 11.6 Å². The Bertz CT molecular complexity index is 945. The number of carbonyl (C=O) groups is 1. The van der Waals surface area contributed by atoms with Gasteiger partial charge in [0.25, 0.3) is 0 Å². The summed E-state index contributed by atoms with van der Waals surface area (Å²) in [4.78, 5) is 28.9. The zero-order valence-electron chi connectivity index (χ0n) is 13.2. The third-order valence-electron chi connectivity index (χ3n) is 3.71. The Balaban J connectivity index is 1.93. The molecule has 0 fully saturated rings. The molecule has 0 atom stereocenters. The highest BCUT2D eigenvalue weighted by Crippen LogP contribution is 2.18. The largest absolute Gasteiger partial charge is 0.329 e. The van der Waals surface area contributed by atoms with E-state index >= 15 is 0 Å². The van der Waals surface area contributed by atoms with E-state index in [9.17, 15) is 9.59 Å². The van der Waals surface area contributed by atoms with Crippen molar-refractivity contribution in [3.05, 3.63) is 58.2 Å². The van der Waals surface area contributed by atoms with E-state index in [0.717, 1.165) is 17.5 Å². The molecule has 1 N–H and O–H groups in total. The van der Waals surface area contributed by atoms with Crippen LogP contribution >= 0.6 is 11.6 Å². The maximum atomic E-state index is 12.6. The van der Waals surface area contributed by atoms with Gasteiger partial charge in [-0.25, -0.2) is 9.78 Å². The number of nitrogens with one attached hydrogen (secondary N) is 1. The van der Waals surface area contributed by atoms with Gasteiger partial charge in [-0.2, -0.15) is 0 Å². The van der Waals surface area contributed by atoms with Crippen LogP contribution in [0.2, 0.25) is 5.15 Å². The van der Waals surface area contributed by atoms with Crippen molar-refractivity contribution in [1.82, 2.24) is 14.1 Å². The summed E-state index contributed by atoms with van der Waals surface area (Å²) < 4.78 is 3.17. The number of amides is 1. The number of hydrogen-bond donors (Lipinski definition) is 1. The molecule has 0 aliphatic carbocycles. The number of aromatic nitrogens is 3. The normalized spacial score (nSPS) is 10.9. The molecule has 0 saturated heterocycles. The van der Waals surface area contributed by atoms with Gasteiger partial charge in [0.15, 0.2) is 5.15 Å². The number of hydrogen-bond acceptors (Lipinski definition) is 3. The maximum Gasteiger partial charge on any atom is 0.329 e. The lowest BCUT2D eigenvalue weighted by Gasteiger charge is -2.07. The Morgan fingerprint density at radius 2 is 1.88 bits per heavy atom. The van der Waals surface area contributed by atoms with Gasteiger partial charge in [-0.3, -0.25) is 13.9 Å². The average molecular weight is 345 g/mol. The van der Waals surface area contributed by atoms with E-state index in [1.807, 2.05) is 31.2 Å². The third-order valence-corrected chi connectivity index (χ3v) is 4.01. The zero-order chi connectivity index (χ0) is 17.1. The fourth-order valence-corrected chi connectivity index (χ4v) is 2.84. The number of fused-ring (bicyclic) bond motifs is 1. The van der Waals surface area contributed by atoms with Gasteiger partial charge in [-0.05, 0) is 30.7 Å². The van der Waals surface area contributed by atoms with E-state index in [-0.39, 0.29) is 23.3 Å². The standard InChI is InChI=1S/C17H17ClN4O2/c1-2-10-21-13-7-3-4-8-14(13)22(17(21)24)11-15(23)20-12-6-5-9-19-16(12)18/h3-9H,2,10-11H2,1H3,(H,20,23). The topological polar surface area (TPSA) is 68.9 Å². The number of imidazole rings is 1. The van der Waals surface area contributed by atoms with Crippen LogP contribution in [0.15, 0.2) is 47.4 Å². The number of benzene rings is 1. The van der Waals surface area contributed by atoms with Crippen LogP contribution in [0.1, 0.15) is 13.3 Å². The van der Waals surface area contributed by atoms with Gasteiger partial charge < -0.3 is 5.32 Å². The lowest BCUT2D eigenvalue weighted by Crippen LogP contribution is -2.29. The lowest BCUT2D eigenvalue weighted by atomic mass is 10.3. The zero-order valence-corrected chi connectivity index (χ0v) is 14.0. The quantitative estimate of drug-likeness (QED) is 0.723. The Labute approximate surface area is 143 Å². The summed E-state index contributed by atoms with van der Waals surface area (Å²) in [6.07, 6.45) is 2.38. The number of nitrogens with zero attached hydrogens (tertiary/aromatic N) is 3. The van der Waals surface area contributed by atoms with Gasteiger partial charge in [0.2, 0.25) is 5.91 Å². The number of para-hydroxylation sites is 2.